The molecule has 1 fully saturated rings. The summed E-state index contributed by atoms with van der Waals surface area (Å²) in [6.07, 6.45) is 3.30. The minimum Gasteiger partial charge on any atom is -0.491 e. The number of nitrogens with zero attached hydrogens (tertiary/aromatic N) is 1. The standard InChI is InChI=1S/C16H24ClNO2/c1-12-9-15(6-7-16(12)17)20-11-14(19)10-18-8-4-3-5-13(18)2/h6-7,9,13-14,19H,3-5,8,10-11H2,1-2H3/t13-,14+/m0/s1. The zero-order valence-corrected chi connectivity index (χ0v) is 13.1. The largest absolute Gasteiger partial charge is 0.491 e. The van der Waals surface area contributed by atoms with E-state index in [1.807, 2.05) is 25.1 Å². The summed E-state index contributed by atoms with van der Waals surface area (Å²) in [5.41, 5.74) is 0.989. The first kappa shape index (κ1) is 15.6. The smallest absolute Gasteiger partial charge is 0.119 e. The van der Waals surface area contributed by atoms with Crippen molar-refractivity contribution in [2.45, 2.75) is 45.3 Å². The number of hydrogen-bond acceptors (Lipinski definition) is 3. The fourth-order valence-electron chi connectivity index (χ4n) is 2.65. The van der Waals surface area contributed by atoms with Crippen LogP contribution < -0.4 is 4.74 Å². The summed E-state index contributed by atoms with van der Waals surface area (Å²) >= 11 is 5.98. The molecule has 0 spiro atoms. The Hall–Kier alpha value is -0.770. The van der Waals surface area contributed by atoms with Gasteiger partial charge in [0, 0.05) is 17.6 Å². The predicted molar refractivity (Wildman–Crippen MR) is 82.6 cm³/mol. The first-order chi connectivity index (χ1) is 9.56. The van der Waals surface area contributed by atoms with Gasteiger partial charge >= 0.3 is 0 Å². The van der Waals surface area contributed by atoms with Crippen molar-refractivity contribution in [3.63, 3.8) is 0 Å². The Labute approximate surface area is 126 Å². The SMILES string of the molecule is Cc1cc(OC[C@H](O)CN2CCCC[C@@H]2C)ccc1Cl. The van der Waals surface area contributed by atoms with Gasteiger partial charge in [-0.05, 0) is 57.0 Å². The Balaban J connectivity index is 1.79. The summed E-state index contributed by atoms with van der Waals surface area (Å²) in [6.45, 7) is 6.27. The molecule has 4 heteroatoms. The zero-order valence-electron chi connectivity index (χ0n) is 12.3. The number of aryl methyl sites for hydroxylation is 1. The lowest BCUT2D eigenvalue weighted by atomic mass is 10.0. The molecule has 1 heterocycles. The number of ether oxygens (including phenoxy) is 1. The molecule has 1 aromatic carbocycles. The van der Waals surface area contributed by atoms with Gasteiger partial charge in [0.05, 0.1) is 0 Å². The Kier molecular flexibility index (Phi) is 5.70. The van der Waals surface area contributed by atoms with E-state index in [1.165, 1.54) is 19.3 Å². The number of β-amino-alcohol motifs (C(OH)–C–C–N with tert-alkyl or cyclic N) is 1. The number of hydrogen-bond donors (Lipinski definition) is 1. The molecule has 0 aromatic heterocycles. The maximum absolute atomic E-state index is 10.1. The first-order valence-corrected chi connectivity index (χ1v) is 7.75. The van der Waals surface area contributed by atoms with E-state index in [9.17, 15) is 5.11 Å². The number of aliphatic hydroxyl groups is 1. The Morgan fingerprint density at radius 2 is 2.25 bits per heavy atom. The van der Waals surface area contributed by atoms with Gasteiger partial charge in [-0.1, -0.05) is 18.0 Å². The van der Waals surface area contributed by atoms with Crippen molar-refractivity contribution in [1.82, 2.24) is 4.90 Å². The maximum atomic E-state index is 10.1. The molecule has 1 saturated heterocycles. The third kappa shape index (κ3) is 4.37. The lowest BCUT2D eigenvalue weighted by Gasteiger charge is -2.34. The number of aliphatic hydroxyl groups excluding tert-OH is 1. The molecule has 0 amide bonds. The number of likely N-dealkylation sites (tertiary alicyclic amines) is 1. The van der Waals surface area contributed by atoms with Crippen LogP contribution in [0.1, 0.15) is 31.7 Å². The van der Waals surface area contributed by atoms with Gasteiger partial charge in [0.15, 0.2) is 0 Å². The molecule has 20 heavy (non-hydrogen) atoms. The lowest BCUT2D eigenvalue weighted by Crippen LogP contribution is -2.43. The highest BCUT2D eigenvalue weighted by Gasteiger charge is 2.20. The lowest BCUT2D eigenvalue weighted by molar-refractivity contribution is 0.0438. The Morgan fingerprint density at radius 1 is 1.45 bits per heavy atom. The second kappa shape index (κ2) is 7.30. The van der Waals surface area contributed by atoms with Crippen LogP contribution in [0, 0.1) is 6.92 Å². The zero-order chi connectivity index (χ0) is 14.5. The van der Waals surface area contributed by atoms with E-state index in [2.05, 4.69) is 11.8 Å². The summed E-state index contributed by atoms with van der Waals surface area (Å²) in [7, 11) is 0. The molecule has 1 aliphatic heterocycles. The molecule has 3 nitrogen and oxygen atoms in total. The highest BCUT2D eigenvalue weighted by molar-refractivity contribution is 6.31. The third-order valence-corrected chi connectivity index (χ3v) is 4.38. The van der Waals surface area contributed by atoms with Crippen LogP contribution in [-0.2, 0) is 0 Å². The summed E-state index contributed by atoms with van der Waals surface area (Å²) in [5.74, 6) is 0.762. The number of rotatable bonds is 5. The van der Waals surface area contributed by atoms with Crippen molar-refractivity contribution in [3.05, 3.63) is 28.8 Å². The van der Waals surface area contributed by atoms with Crippen molar-refractivity contribution in [3.8, 4) is 5.75 Å². The summed E-state index contributed by atoms with van der Waals surface area (Å²) in [4.78, 5) is 2.35. The van der Waals surface area contributed by atoms with Gasteiger partial charge in [-0.25, -0.2) is 0 Å². The number of halogens is 1. The van der Waals surface area contributed by atoms with E-state index in [0.29, 0.717) is 19.2 Å². The predicted octanol–water partition coefficient (Wildman–Crippen LogP) is 3.26. The van der Waals surface area contributed by atoms with E-state index < -0.39 is 6.10 Å². The highest BCUT2D eigenvalue weighted by Crippen LogP contribution is 2.21. The quantitative estimate of drug-likeness (QED) is 0.905. The van der Waals surface area contributed by atoms with Crippen molar-refractivity contribution in [2.75, 3.05) is 19.7 Å². The van der Waals surface area contributed by atoms with Crippen LogP contribution in [0.25, 0.3) is 0 Å². The van der Waals surface area contributed by atoms with Crippen molar-refractivity contribution in [1.29, 1.82) is 0 Å². The molecule has 1 aromatic rings. The molecular weight excluding hydrogens is 274 g/mol. The van der Waals surface area contributed by atoms with Crippen LogP contribution in [0.3, 0.4) is 0 Å². The van der Waals surface area contributed by atoms with Gasteiger partial charge in [-0.3, -0.25) is 4.90 Å². The minimum absolute atomic E-state index is 0.324. The molecule has 1 N–H and O–H groups in total. The van der Waals surface area contributed by atoms with Crippen LogP contribution in [-0.4, -0.2) is 41.8 Å². The van der Waals surface area contributed by atoms with E-state index in [1.54, 1.807) is 0 Å². The summed E-state index contributed by atoms with van der Waals surface area (Å²) in [6, 6.07) is 6.13. The molecule has 0 unspecified atom stereocenters. The minimum atomic E-state index is -0.452. The fraction of sp³-hybridized carbons (Fsp3) is 0.625. The Morgan fingerprint density at radius 3 is 2.95 bits per heavy atom. The van der Waals surface area contributed by atoms with E-state index in [-0.39, 0.29) is 0 Å². The van der Waals surface area contributed by atoms with E-state index in [0.717, 1.165) is 22.9 Å². The van der Waals surface area contributed by atoms with Crippen molar-refractivity contribution < 1.29 is 9.84 Å². The topological polar surface area (TPSA) is 32.7 Å². The van der Waals surface area contributed by atoms with Crippen LogP contribution in [0.5, 0.6) is 5.75 Å². The van der Waals surface area contributed by atoms with Crippen molar-refractivity contribution in [2.24, 2.45) is 0 Å². The monoisotopic (exact) mass is 297 g/mol. The molecule has 112 valence electrons. The van der Waals surface area contributed by atoms with Gasteiger partial charge in [0.25, 0.3) is 0 Å². The second-order valence-electron chi connectivity index (χ2n) is 5.72. The normalized spacial score (nSPS) is 21.7. The Bertz CT molecular complexity index is 438. The highest BCUT2D eigenvalue weighted by atomic mass is 35.5. The summed E-state index contributed by atoms with van der Waals surface area (Å²) in [5, 5.41) is 10.8. The van der Waals surface area contributed by atoms with Gasteiger partial charge in [0.1, 0.15) is 18.5 Å². The fourth-order valence-corrected chi connectivity index (χ4v) is 2.77. The third-order valence-electron chi connectivity index (χ3n) is 3.96. The molecule has 0 aliphatic carbocycles. The van der Waals surface area contributed by atoms with Gasteiger partial charge in [0.2, 0.25) is 0 Å². The summed E-state index contributed by atoms with van der Waals surface area (Å²) < 4.78 is 5.65. The van der Waals surface area contributed by atoms with Crippen molar-refractivity contribution >= 4 is 11.6 Å². The van der Waals surface area contributed by atoms with Gasteiger partial charge in [-0.2, -0.15) is 0 Å². The maximum Gasteiger partial charge on any atom is 0.119 e. The van der Waals surface area contributed by atoms with Gasteiger partial charge in [-0.15, -0.1) is 0 Å². The average Bonchev–Trinajstić information content (AvgIpc) is 2.43. The number of benzene rings is 1. The average molecular weight is 298 g/mol. The molecule has 1 aliphatic rings. The first-order valence-electron chi connectivity index (χ1n) is 7.37. The second-order valence-corrected chi connectivity index (χ2v) is 6.12. The van der Waals surface area contributed by atoms with E-state index in [4.69, 9.17) is 16.3 Å². The van der Waals surface area contributed by atoms with Gasteiger partial charge < -0.3 is 9.84 Å². The number of piperidine rings is 1. The molecule has 0 saturated carbocycles. The van der Waals surface area contributed by atoms with Crippen LogP contribution in [0.4, 0.5) is 0 Å². The van der Waals surface area contributed by atoms with Crippen LogP contribution in [0.15, 0.2) is 18.2 Å². The molecule has 2 rings (SSSR count). The van der Waals surface area contributed by atoms with Crippen LogP contribution >= 0.6 is 11.6 Å². The molecule has 2 atom stereocenters. The molecular formula is C16H24ClNO2. The molecule has 0 bridgehead atoms. The van der Waals surface area contributed by atoms with Crippen LogP contribution in [0.2, 0.25) is 5.02 Å². The van der Waals surface area contributed by atoms with E-state index >= 15 is 0 Å². The molecule has 0 radical (unpaired) electrons.